The number of nitrogens with one attached hydrogen (secondary N) is 1. The Morgan fingerprint density at radius 1 is 1.19 bits per heavy atom. The van der Waals surface area contributed by atoms with Gasteiger partial charge in [0.25, 0.3) is 5.56 Å². The number of carbonyl (C=O) groups excluding carboxylic acids is 1. The standard InChI is InChI=1S/C23H21BrN4O3/c1-15-2-4-16(5-3-15)22-27-18(13-31-22)8-10-25-21(29)9-11-28-14-26-20-7-6-17(24)12-19(20)23(28)30/h2-7,12-14H,8-11H2,1H3,(H,25,29). The van der Waals surface area contributed by atoms with Crippen LogP contribution in [-0.2, 0) is 17.8 Å². The molecule has 0 spiro atoms. The molecule has 1 amide bonds. The van der Waals surface area contributed by atoms with Crippen LogP contribution in [0.5, 0.6) is 0 Å². The topological polar surface area (TPSA) is 90.0 Å². The summed E-state index contributed by atoms with van der Waals surface area (Å²) >= 11 is 3.37. The van der Waals surface area contributed by atoms with Crippen molar-refractivity contribution in [3.8, 4) is 11.5 Å². The molecule has 0 fully saturated rings. The lowest BCUT2D eigenvalue weighted by atomic mass is 10.1. The lowest BCUT2D eigenvalue weighted by Gasteiger charge is -2.07. The molecule has 0 radical (unpaired) electrons. The summed E-state index contributed by atoms with van der Waals surface area (Å²) in [4.78, 5) is 33.5. The minimum absolute atomic E-state index is 0.136. The first-order valence-corrected chi connectivity index (χ1v) is 10.7. The Morgan fingerprint density at radius 3 is 2.81 bits per heavy atom. The second-order valence-corrected chi connectivity index (χ2v) is 8.18. The number of rotatable bonds is 7. The second-order valence-electron chi connectivity index (χ2n) is 7.26. The third kappa shape index (κ3) is 5.08. The summed E-state index contributed by atoms with van der Waals surface area (Å²) < 4.78 is 7.81. The van der Waals surface area contributed by atoms with E-state index in [1.54, 1.807) is 18.4 Å². The number of fused-ring (bicyclic) bond motifs is 1. The molecule has 0 saturated carbocycles. The van der Waals surface area contributed by atoms with Gasteiger partial charge < -0.3 is 9.73 Å². The molecule has 0 aliphatic rings. The molecule has 4 rings (SSSR count). The highest BCUT2D eigenvalue weighted by atomic mass is 79.9. The highest BCUT2D eigenvalue weighted by Gasteiger charge is 2.09. The summed E-state index contributed by atoms with van der Waals surface area (Å²) in [6.45, 7) is 2.73. The van der Waals surface area contributed by atoms with E-state index in [2.05, 4.69) is 31.2 Å². The van der Waals surface area contributed by atoms with Crippen molar-refractivity contribution in [2.75, 3.05) is 6.54 Å². The molecular formula is C23H21BrN4O3. The molecule has 0 aliphatic carbocycles. The quantitative estimate of drug-likeness (QED) is 0.433. The van der Waals surface area contributed by atoms with E-state index in [1.165, 1.54) is 16.5 Å². The van der Waals surface area contributed by atoms with Crippen molar-refractivity contribution < 1.29 is 9.21 Å². The molecule has 2 aromatic heterocycles. The smallest absolute Gasteiger partial charge is 0.261 e. The van der Waals surface area contributed by atoms with Crippen LogP contribution in [0.2, 0.25) is 0 Å². The number of benzene rings is 2. The molecule has 2 heterocycles. The third-order valence-electron chi connectivity index (χ3n) is 4.92. The normalized spacial score (nSPS) is 11.0. The molecular weight excluding hydrogens is 460 g/mol. The maximum atomic E-state index is 12.6. The van der Waals surface area contributed by atoms with Gasteiger partial charge in [0.2, 0.25) is 11.8 Å². The van der Waals surface area contributed by atoms with E-state index in [-0.39, 0.29) is 24.4 Å². The summed E-state index contributed by atoms with van der Waals surface area (Å²) in [5.74, 6) is 0.430. The van der Waals surface area contributed by atoms with Crippen LogP contribution in [0.15, 0.2) is 68.7 Å². The van der Waals surface area contributed by atoms with Gasteiger partial charge in [-0.1, -0.05) is 33.6 Å². The van der Waals surface area contributed by atoms with E-state index in [4.69, 9.17) is 4.42 Å². The van der Waals surface area contributed by atoms with Crippen LogP contribution in [0.1, 0.15) is 17.7 Å². The Morgan fingerprint density at radius 2 is 2.00 bits per heavy atom. The molecule has 4 aromatic rings. The van der Waals surface area contributed by atoms with E-state index in [1.807, 2.05) is 37.3 Å². The minimum Gasteiger partial charge on any atom is -0.444 e. The fourth-order valence-corrected chi connectivity index (χ4v) is 3.54. The molecule has 2 aromatic carbocycles. The zero-order valence-corrected chi connectivity index (χ0v) is 18.6. The van der Waals surface area contributed by atoms with Crippen molar-refractivity contribution in [2.24, 2.45) is 0 Å². The number of halogens is 1. The van der Waals surface area contributed by atoms with Gasteiger partial charge in [-0.05, 0) is 37.3 Å². The Hall–Kier alpha value is -3.26. The number of hydrogen-bond donors (Lipinski definition) is 1. The number of oxazole rings is 1. The molecule has 8 heteroatoms. The van der Waals surface area contributed by atoms with Crippen molar-refractivity contribution >= 4 is 32.7 Å². The average molecular weight is 481 g/mol. The van der Waals surface area contributed by atoms with Crippen LogP contribution in [0.25, 0.3) is 22.4 Å². The van der Waals surface area contributed by atoms with Crippen LogP contribution in [0.3, 0.4) is 0 Å². The van der Waals surface area contributed by atoms with Gasteiger partial charge in [-0.2, -0.15) is 0 Å². The summed E-state index contributed by atoms with van der Waals surface area (Å²) in [6, 6.07) is 13.3. The van der Waals surface area contributed by atoms with Gasteiger partial charge in [-0.3, -0.25) is 14.2 Å². The molecule has 0 unspecified atom stereocenters. The van der Waals surface area contributed by atoms with Crippen molar-refractivity contribution in [2.45, 2.75) is 26.3 Å². The van der Waals surface area contributed by atoms with Gasteiger partial charge in [-0.25, -0.2) is 9.97 Å². The molecule has 0 saturated heterocycles. The van der Waals surface area contributed by atoms with Gasteiger partial charge in [0.15, 0.2) is 0 Å². The number of hydrogen-bond acceptors (Lipinski definition) is 5. The van der Waals surface area contributed by atoms with E-state index in [0.717, 1.165) is 15.7 Å². The first kappa shape index (κ1) is 21.0. The van der Waals surface area contributed by atoms with Crippen molar-refractivity contribution in [1.29, 1.82) is 0 Å². The first-order chi connectivity index (χ1) is 15.0. The van der Waals surface area contributed by atoms with Gasteiger partial charge >= 0.3 is 0 Å². The zero-order valence-electron chi connectivity index (χ0n) is 17.0. The maximum Gasteiger partial charge on any atom is 0.261 e. The van der Waals surface area contributed by atoms with Crippen molar-refractivity contribution in [3.05, 3.63) is 81.1 Å². The summed E-state index contributed by atoms with van der Waals surface area (Å²) in [5, 5.41) is 3.38. The van der Waals surface area contributed by atoms with E-state index in [0.29, 0.717) is 29.8 Å². The van der Waals surface area contributed by atoms with E-state index >= 15 is 0 Å². The molecule has 0 aliphatic heterocycles. The average Bonchev–Trinajstić information content (AvgIpc) is 3.23. The third-order valence-corrected chi connectivity index (χ3v) is 5.41. The number of nitrogens with zero attached hydrogens (tertiary/aromatic N) is 3. The molecule has 0 atom stereocenters. The van der Waals surface area contributed by atoms with Gasteiger partial charge in [0.05, 0.1) is 22.9 Å². The lowest BCUT2D eigenvalue weighted by molar-refractivity contribution is -0.121. The van der Waals surface area contributed by atoms with Crippen LogP contribution in [0.4, 0.5) is 0 Å². The summed E-state index contributed by atoms with van der Waals surface area (Å²) in [6.07, 6.45) is 3.84. The van der Waals surface area contributed by atoms with Crippen LogP contribution >= 0.6 is 15.9 Å². The zero-order chi connectivity index (χ0) is 21.8. The number of aromatic nitrogens is 3. The highest BCUT2D eigenvalue weighted by molar-refractivity contribution is 9.10. The van der Waals surface area contributed by atoms with Gasteiger partial charge in [-0.15, -0.1) is 0 Å². The molecule has 1 N–H and O–H groups in total. The fraction of sp³-hybridized carbons (Fsp3) is 0.217. The van der Waals surface area contributed by atoms with E-state index in [9.17, 15) is 9.59 Å². The number of carbonyl (C=O) groups is 1. The van der Waals surface area contributed by atoms with Gasteiger partial charge in [0.1, 0.15) is 6.26 Å². The van der Waals surface area contributed by atoms with Crippen LogP contribution in [-0.4, -0.2) is 27.0 Å². The largest absolute Gasteiger partial charge is 0.444 e. The Labute approximate surface area is 187 Å². The SMILES string of the molecule is Cc1ccc(-c2nc(CCNC(=O)CCn3cnc4ccc(Br)cc4c3=O)co2)cc1. The van der Waals surface area contributed by atoms with Crippen molar-refractivity contribution in [1.82, 2.24) is 19.9 Å². The monoisotopic (exact) mass is 480 g/mol. The molecule has 7 nitrogen and oxygen atoms in total. The molecule has 31 heavy (non-hydrogen) atoms. The number of amides is 1. The predicted octanol–water partition coefficient (Wildman–Crippen LogP) is 3.87. The summed E-state index contributed by atoms with van der Waals surface area (Å²) in [5.41, 5.74) is 3.34. The lowest BCUT2D eigenvalue weighted by Crippen LogP contribution is -2.29. The molecule has 158 valence electrons. The Kier molecular flexibility index (Phi) is 6.27. The highest BCUT2D eigenvalue weighted by Crippen LogP contribution is 2.19. The van der Waals surface area contributed by atoms with Crippen LogP contribution in [0, 0.1) is 6.92 Å². The van der Waals surface area contributed by atoms with Crippen LogP contribution < -0.4 is 10.9 Å². The first-order valence-electron chi connectivity index (χ1n) is 9.92. The second kappa shape index (κ2) is 9.26. The predicted molar refractivity (Wildman–Crippen MR) is 122 cm³/mol. The van der Waals surface area contributed by atoms with Gasteiger partial charge in [0, 0.05) is 36.0 Å². The Bertz CT molecular complexity index is 1280. The fourth-order valence-electron chi connectivity index (χ4n) is 3.18. The molecule has 0 bridgehead atoms. The van der Waals surface area contributed by atoms with Crippen molar-refractivity contribution in [3.63, 3.8) is 0 Å². The maximum absolute atomic E-state index is 12.6. The van der Waals surface area contributed by atoms with E-state index < -0.39 is 0 Å². The summed E-state index contributed by atoms with van der Waals surface area (Å²) in [7, 11) is 0. The Balaban J connectivity index is 1.28. The number of aryl methyl sites for hydroxylation is 2. The minimum atomic E-state index is -0.162.